The predicted molar refractivity (Wildman–Crippen MR) is 96.8 cm³/mol. The van der Waals surface area contributed by atoms with Crippen LogP contribution in [0.15, 0.2) is 53.3 Å². The maximum absolute atomic E-state index is 12.7. The van der Waals surface area contributed by atoms with Gasteiger partial charge in [0.25, 0.3) is 5.91 Å². The summed E-state index contributed by atoms with van der Waals surface area (Å²) < 4.78 is 7.76. The van der Waals surface area contributed by atoms with Crippen molar-refractivity contribution < 1.29 is 9.21 Å². The van der Waals surface area contributed by atoms with E-state index in [4.69, 9.17) is 4.42 Å². The van der Waals surface area contributed by atoms with E-state index in [9.17, 15) is 4.79 Å². The number of rotatable bonds is 4. The fourth-order valence-electron chi connectivity index (χ4n) is 3.47. The molecule has 1 atom stereocenters. The summed E-state index contributed by atoms with van der Waals surface area (Å²) in [6.45, 7) is 1.37. The van der Waals surface area contributed by atoms with Crippen LogP contribution < -0.4 is 0 Å². The maximum Gasteiger partial charge on any atom is 0.289 e. The molecule has 4 rings (SSSR count). The fourth-order valence-corrected chi connectivity index (χ4v) is 3.47. The monoisotopic (exact) mass is 350 g/mol. The van der Waals surface area contributed by atoms with Crippen LogP contribution in [0.1, 0.15) is 46.6 Å². The van der Waals surface area contributed by atoms with E-state index in [0.717, 1.165) is 37.5 Å². The van der Waals surface area contributed by atoms with E-state index < -0.39 is 0 Å². The smallest absolute Gasteiger partial charge is 0.289 e. The van der Waals surface area contributed by atoms with Gasteiger partial charge in [-0.25, -0.2) is 9.97 Å². The summed E-state index contributed by atoms with van der Waals surface area (Å²) in [4.78, 5) is 23.2. The Kier molecular flexibility index (Phi) is 4.56. The van der Waals surface area contributed by atoms with Crippen molar-refractivity contribution in [1.82, 2.24) is 19.4 Å². The Bertz CT molecular complexity index is 884. The van der Waals surface area contributed by atoms with Crippen molar-refractivity contribution in [2.24, 2.45) is 7.05 Å². The van der Waals surface area contributed by atoms with Gasteiger partial charge in [-0.2, -0.15) is 0 Å². The second-order valence-corrected chi connectivity index (χ2v) is 6.78. The zero-order valence-electron chi connectivity index (χ0n) is 14.8. The van der Waals surface area contributed by atoms with E-state index >= 15 is 0 Å². The normalized spacial score (nSPS) is 17.4. The summed E-state index contributed by atoms with van der Waals surface area (Å²) in [5, 5.41) is 0. The molecule has 0 aliphatic carbocycles. The van der Waals surface area contributed by atoms with Gasteiger partial charge < -0.3 is 13.9 Å². The SMILES string of the molecule is Cn1ccnc1C(=O)N1CCCC(c2ncc(Cc3ccccc3)o2)C1. The summed E-state index contributed by atoms with van der Waals surface area (Å²) in [5.74, 6) is 2.17. The topological polar surface area (TPSA) is 64.2 Å². The number of hydrogen-bond donors (Lipinski definition) is 0. The number of nitrogens with zero attached hydrogens (tertiary/aromatic N) is 4. The van der Waals surface area contributed by atoms with Crippen molar-refractivity contribution in [3.05, 3.63) is 72.0 Å². The van der Waals surface area contributed by atoms with Crippen molar-refractivity contribution in [2.45, 2.75) is 25.2 Å². The summed E-state index contributed by atoms with van der Waals surface area (Å²) >= 11 is 0. The van der Waals surface area contributed by atoms with Crippen molar-refractivity contribution in [3.63, 3.8) is 0 Å². The van der Waals surface area contributed by atoms with Crippen molar-refractivity contribution >= 4 is 5.91 Å². The van der Waals surface area contributed by atoms with E-state index in [2.05, 4.69) is 22.1 Å². The van der Waals surface area contributed by atoms with Gasteiger partial charge in [-0.05, 0) is 18.4 Å². The molecule has 0 bridgehead atoms. The molecule has 134 valence electrons. The molecule has 1 amide bonds. The van der Waals surface area contributed by atoms with Crippen LogP contribution in [0, 0.1) is 0 Å². The van der Waals surface area contributed by atoms with Gasteiger partial charge in [0.15, 0.2) is 11.7 Å². The number of carbonyl (C=O) groups excluding carboxylic acids is 1. The van der Waals surface area contributed by atoms with E-state index in [1.165, 1.54) is 5.56 Å². The average Bonchev–Trinajstić information content (AvgIpc) is 3.31. The number of aryl methyl sites for hydroxylation is 1. The molecule has 3 heterocycles. The second-order valence-electron chi connectivity index (χ2n) is 6.78. The molecule has 26 heavy (non-hydrogen) atoms. The lowest BCUT2D eigenvalue weighted by atomic mass is 9.98. The standard InChI is InChI=1S/C20H22N4O2/c1-23-11-9-21-18(23)20(25)24-10-5-8-16(14-24)19-22-13-17(26-19)12-15-6-3-2-4-7-15/h2-4,6-7,9,11,13,16H,5,8,10,12,14H2,1H3. The molecule has 1 saturated heterocycles. The maximum atomic E-state index is 12.7. The second kappa shape index (κ2) is 7.15. The molecule has 6 nitrogen and oxygen atoms in total. The first kappa shape index (κ1) is 16.6. The number of oxazole rings is 1. The molecular weight excluding hydrogens is 328 g/mol. The molecule has 1 fully saturated rings. The summed E-state index contributed by atoms with van der Waals surface area (Å²) in [6.07, 6.45) is 7.91. The molecule has 0 radical (unpaired) electrons. The number of aromatic nitrogens is 3. The Morgan fingerprint density at radius 1 is 1.27 bits per heavy atom. The van der Waals surface area contributed by atoms with Crippen molar-refractivity contribution in [3.8, 4) is 0 Å². The van der Waals surface area contributed by atoms with Crippen LogP contribution in [-0.2, 0) is 13.5 Å². The Morgan fingerprint density at radius 3 is 2.88 bits per heavy atom. The van der Waals surface area contributed by atoms with Crippen LogP contribution in [0.2, 0.25) is 0 Å². The number of imidazole rings is 1. The van der Waals surface area contributed by atoms with Gasteiger partial charge in [0.2, 0.25) is 0 Å². The first-order chi connectivity index (χ1) is 12.7. The van der Waals surface area contributed by atoms with E-state index in [0.29, 0.717) is 12.4 Å². The number of benzene rings is 1. The lowest BCUT2D eigenvalue weighted by Crippen LogP contribution is -2.40. The quantitative estimate of drug-likeness (QED) is 0.725. The van der Waals surface area contributed by atoms with Crippen LogP contribution in [0.25, 0.3) is 0 Å². The lowest BCUT2D eigenvalue weighted by molar-refractivity contribution is 0.0682. The van der Waals surface area contributed by atoms with E-state index in [1.807, 2.05) is 36.3 Å². The molecule has 0 saturated carbocycles. The van der Waals surface area contributed by atoms with Crippen LogP contribution in [-0.4, -0.2) is 38.4 Å². The summed E-state index contributed by atoms with van der Waals surface area (Å²) in [6, 6.07) is 10.2. The van der Waals surface area contributed by atoms with Gasteiger partial charge in [0.05, 0.1) is 12.1 Å². The van der Waals surface area contributed by atoms with Gasteiger partial charge in [0, 0.05) is 39.0 Å². The molecule has 1 aliphatic heterocycles. The third-order valence-electron chi connectivity index (χ3n) is 4.86. The third-order valence-corrected chi connectivity index (χ3v) is 4.86. The number of hydrogen-bond acceptors (Lipinski definition) is 4. The van der Waals surface area contributed by atoms with E-state index in [1.54, 1.807) is 17.0 Å². The highest BCUT2D eigenvalue weighted by Gasteiger charge is 2.29. The van der Waals surface area contributed by atoms with Crippen molar-refractivity contribution in [2.75, 3.05) is 13.1 Å². The number of carbonyl (C=O) groups is 1. The minimum atomic E-state index is -0.0294. The number of likely N-dealkylation sites (tertiary alicyclic amines) is 1. The fraction of sp³-hybridized carbons (Fsp3) is 0.350. The molecule has 0 N–H and O–H groups in total. The average molecular weight is 350 g/mol. The first-order valence-electron chi connectivity index (χ1n) is 8.96. The summed E-state index contributed by atoms with van der Waals surface area (Å²) in [7, 11) is 1.84. The van der Waals surface area contributed by atoms with Crippen LogP contribution in [0.3, 0.4) is 0 Å². The van der Waals surface area contributed by atoms with Gasteiger partial charge >= 0.3 is 0 Å². The Balaban J connectivity index is 1.45. The van der Waals surface area contributed by atoms with Gasteiger partial charge in [-0.3, -0.25) is 4.79 Å². The molecule has 1 aliphatic rings. The molecule has 3 aromatic rings. The van der Waals surface area contributed by atoms with Gasteiger partial charge in [-0.1, -0.05) is 30.3 Å². The lowest BCUT2D eigenvalue weighted by Gasteiger charge is -2.31. The molecule has 1 unspecified atom stereocenters. The van der Waals surface area contributed by atoms with Gasteiger partial charge in [0.1, 0.15) is 5.76 Å². The minimum Gasteiger partial charge on any atom is -0.445 e. The predicted octanol–water partition coefficient (Wildman–Crippen LogP) is 3.02. The molecule has 6 heteroatoms. The van der Waals surface area contributed by atoms with Crippen LogP contribution >= 0.6 is 0 Å². The highest BCUT2D eigenvalue weighted by Crippen LogP contribution is 2.28. The molecule has 2 aromatic heterocycles. The molecule has 1 aromatic carbocycles. The highest BCUT2D eigenvalue weighted by molar-refractivity contribution is 5.90. The Hall–Kier alpha value is -2.89. The number of amides is 1. The highest BCUT2D eigenvalue weighted by atomic mass is 16.4. The van der Waals surface area contributed by atoms with Crippen LogP contribution in [0.5, 0.6) is 0 Å². The molecule has 0 spiro atoms. The minimum absolute atomic E-state index is 0.0294. The molecular formula is C20H22N4O2. The number of piperidine rings is 1. The first-order valence-corrected chi connectivity index (χ1v) is 8.96. The van der Waals surface area contributed by atoms with Gasteiger partial charge in [-0.15, -0.1) is 0 Å². The summed E-state index contributed by atoms with van der Waals surface area (Å²) in [5.41, 5.74) is 1.20. The Labute approximate surface area is 152 Å². The van der Waals surface area contributed by atoms with Crippen molar-refractivity contribution in [1.29, 1.82) is 0 Å². The zero-order chi connectivity index (χ0) is 17.9. The van der Waals surface area contributed by atoms with Crippen LogP contribution in [0.4, 0.5) is 0 Å². The third kappa shape index (κ3) is 3.40. The zero-order valence-corrected chi connectivity index (χ0v) is 14.8. The van der Waals surface area contributed by atoms with E-state index in [-0.39, 0.29) is 11.8 Å². The largest absolute Gasteiger partial charge is 0.445 e. The Morgan fingerprint density at radius 2 is 2.12 bits per heavy atom.